The summed E-state index contributed by atoms with van der Waals surface area (Å²) in [6, 6.07) is 15.1. The lowest BCUT2D eigenvalue weighted by Gasteiger charge is -2.29. The summed E-state index contributed by atoms with van der Waals surface area (Å²) < 4.78 is 28.7. The molecular weight excluding hydrogens is 404 g/mol. The molecule has 156 valence electrons. The van der Waals surface area contributed by atoms with E-state index >= 15 is 0 Å². The molecule has 1 N–H and O–H groups in total. The average molecular weight is 426 g/mol. The van der Waals surface area contributed by atoms with Crippen LogP contribution in [0.4, 0.5) is 5.69 Å². The van der Waals surface area contributed by atoms with Crippen molar-refractivity contribution in [2.75, 3.05) is 25.5 Å². The van der Waals surface area contributed by atoms with Crippen molar-refractivity contribution in [1.29, 1.82) is 0 Å². The molecular formula is C21H22N4O4S. The SMILES string of the molecule is CN(CC(=O)Nc1ccccc1)C(=O)[C@@H]1CCCN1C1=NS(=O)(=O)c2ccccc21. The van der Waals surface area contributed by atoms with E-state index in [0.29, 0.717) is 30.1 Å². The quantitative estimate of drug-likeness (QED) is 0.802. The molecule has 2 heterocycles. The lowest BCUT2D eigenvalue weighted by atomic mass is 10.1. The third kappa shape index (κ3) is 3.80. The van der Waals surface area contributed by atoms with Gasteiger partial charge in [-0.05, 0) is 37.1 Å². The van der Waals surface area contributed by atoms with Crippen molar-refractivity contribution in [3.8, 4) is 0 Å². The highest BCUT2D eigenvalue weighted by Gasteiger charge is 2.40. The first-order valence-corrected chi connectivity index (χ1v) is 11.1. The van der Waals surface area contributed by atoms with Crippen LogP contribution in [0.3, 0.4) is 0 Å². The number of rotatable bonds is 4. The highest BCUT2D eigenvalue weighted by Crippen LogP contribution is 2.31. The first-order valence-electron chi connectivity index (χ1n) is 9.68. The zero-order valence-electron chi connectivity index (χ0n) is 16.5. The average Bonchev–Trinajstić information content (AvgIpc) is 3.31. The minimum Gasteiger partial charge on any atom is -0.343 e. The number of nitrogens with zero attached hydrogens (tertiary/aromatic N) is 3. The van der Waals surface area contributed by atoms with E-state index in [0.717, 1.165) is 6.42 Å². The van der Waals surface area contributed by atoms with Gasteiger partial charge >= 0.3 is 0 Å². The molecule has 1 atom stereocenters. The Kier molecular flexibility index (Phi) is 5.29. The number of hydrogen-bond donors (Lipinski definition) is 1. The lowest BCUT2D eigenvalue weighted by molar-refractivity contribution is -0.136. The van der Waals surface area contributed by atoms with E-state index in [4.69, 9.17) is 0 Å². The van der Waals surface area contributed by atoms with Gasteiger partial charge in [-0.25, -0.2) is 0 Å². The molecule has 2 aliphatic heterocycles. The Balaban J connectivity index is 1.48. The molecule has 0 bridgehead atoms. The summed E-state index contributed by atoms with van der Waals surface area (Å²) in [7, 11) is -2.18. The molecule has 2 aliphatic rings. The van der Waals surface area contributed by atoms with Crippen LogP contribution >= 0.6 is 0 Å². The second kappa shape index (κ2) is 7.91. The maximum atomic E-state index is 13.1. The number of fused-ring (bicyclic) bond motifs is 1. The Bertz CT molecular complexity index is 1110. The second-order valence-electron chi connectivity index (χ2n) is 7.35. The van der Waals surface area contributed by atoms with Gasteiger partial charge in [0.25, 0.3) is 10.0 Å². The minimum absolute atomic E-state index is 0.0978. The van der Waals surface area contributed by atoms with Crippen LogP contribution in [-0.2, 0) is 19.6 Å². The van der Waals surface area contributed by atoms with Crippen molar-refractivity contribution in [1.82, 2.24) is 9.80 Å². The van der Waals surface area contributed by atoms with Gasteiger partial charge < -0.3 is 15.1 Å². The summed E-state index contributed by atoms with van der Waals surface area (Å²) in [5.74, 6) is -0.225. The number of carbonyl (C=O) groups is 2. The molecule has 4 rings (SSSR count). The highest BCUT2D eigenvalue weighted by molar-refractivity contribution is 7.90. The number of sulfonamides is 1. The third-order valence-corrected chi connectivity index (χ3v) is 6.56. The number of likely N-dealkylation sites (N-methyl/N-ethyl adjacent to an activating group) is 1. The van der Waals surface area contributed by atoms with E-state index in [1.807, 2.05) is 18.2 Å². The zero-order chi connectivity index (χ0) is 21.3. The van der Waals surface area contributed by atoms with Crippen molar-refractivity contribution >= 4 is 33.4 Å². The Labute approximate surface area is 175 Å². The Hall–Kier alpha value is -3.20. The number of para-hydroxylation sites is 1. The van der Waals surface area contributed by atoms with E-state index in [9.17, 15) is 18.0 Å². The summed E-state index contributed by atoms with van der Waals surface area (Å²) in [4.78, 5) is 28.7. The Morgan fingerprint density at radius 2 is 1.83 bits per heavy atom. The van der Waals surface area contributed by atoms with Crippen LogP contribution in [0, 0.1) is 0 Å². The molecule has 1 fully saturated rings. The van der Waals surface area contributed by atoms with E-state index in [-0.39, 0.29) is 23.3 Å². The van der Waals surface area contributed by atoms with Crippen molar-refractivity contribution < 1.29 is 18.0 Å². The predicted octanol–water partition coefficient (Wildman–Crippen LogP) is 1.70. The van der Waals surface area contributed by atoms with Crippen LogP contribution in [0.1, 0.15) is 18.4 Å². The van der Waals surface area contributed by atoms with Gasteiger partial charge in [-0.2, -0.15) is 8.42 Å². The molecule has 2 aromatic carbocycles. The zero-order valence-corrected chi connectivity index (χ0v) is 17.3. The number of carbonyl (C=O) groups excluding carboxylic acids is 2. The molecule has 0 aliphatic carbocycles. The fourth-order valence-corrected chi connectivity index (χ4v) is 5.06. The molecule has 9 heteroatoms. The van der Waals surface area contributed by atoms with Gasteiger partial charge in [0.05, 0.1) is 6.54 Å². The molecule has 2 aromatic rings. The third-order valence-electron chi connectivity index (χ3n) is 5.24. The minimum atomic E-state index is -3.76. The summed E-state index contributed by atoms with van der Waals surface area (Å²) in [6.07, 6.45) is 1.31. The van der Waals surface area contributed by atoms with Gasteiger partial charge in [-0.1, -0.05) is 30.3 Å². The fourth-order valence-electron chi connectivity index (χ4n) is 3.84. The molecule has 8 nitrogen and oxygen atoms in total. The van der Waals surface area contributed by atoms with Gasteiger partial charge in [-0.15, -0.1) is 4.40 Å². The number of anilines is 1. The van der Waals surface area contributed by atoms with Gasteiger partial charge in [0, 0.05) is 24.8 Å². The number of likely N-dealkylation sites (tertiary alicyclic amines) is 1. The number of nitrogens with one attached hydrogen (secondary N) is 1. The Morgan fingerprint density at radius 1 is 1.13 bits per heavy atom. The van der Waals surface area contributed by atoms with Crippen molar-refractivity contribution in [2.45, 2.75) is 23.8 Å². The summed E-state index contributed by atoms with van der Waals surface area (Å²) in [6.45, 7) is 0.433. The summed E-state index contributed by atoms with van der Waals surface area (Å²) in [5.41, 5.74) is 1.18. The van der Waals surface area contributed by atoms with Crippen molar-refractivity contribution in [3.63, 3.8) is 0 Å². The van der Waals surface area contributed by atoms with Crippen LogP contribution in [-0.4, -0.2) is 62.0 Å². The Morgan fingerprint density at radius 3 is 2.60 bits per heavy atom. The standard InChI is InChI=1S/C21H22N4O4S/c1-24(14-19(26)22-15-8-3-2-4-9-15)21(27)17-11-7-13-25(17)20-16-10-5-6-12-18(16)30(28,29)23-20/h2-6,8-10,12,17H,7,11,13-14H2,1H3,(H,22,26)/t17-/m0/s1. The number of amidine groups is 1. The van der Waals surface area contributed by atoms with E-state index in [1.165, 1.54) is 11.0 Å². The first-order chi connectivity index (χ1) is 14.4. The summed E-state index contributed by atoms with van der Waals surface area (Å²) in [5, 5.41) is 2.76. The maximum absolute atomic E-state index is 13.1. The predicted molar refractivity (Wildman–Crippen MR) is 113 cm³/mol. The monoisotopic (exact) mass is 426 g/mol. The van der Waals surface area contributed by atoms with Gasteiger partial charge in [0.15, 0.2) is 5.84 Å². The lowest BCUT2D eigenvalue weighted by Crippen LogP contribution is -2.48. The van der Waals surface area contributed by atoms with Gasteiger partial charge in [0.2, 0.25) is 11.8 Å². The molecule has 2 amide bonds. The van der Waals surface area contributed by atoms with Crippen LogP contribution < -0.4 is 5.32 Å². The van der Waals surface area contributed by atoms with Crippen molar-refractivity contribution in [3.05, 3.63) is 60.2 Å². The maximum Gasteiger partial charge on any atom is 0.285 e. The molecule has 1 saturated heterocycles. The van der Waals surface area contributed by atoms with Gasteiger partial charge in [0.1, 0.15) is 10.9 Å². The van der Waals surface area contributed by atoms with Crippen LogP contribution in [0.25, 0.3) is 0 Å². The van der Waals surface area contributed by atoms with Crippen LogP contribution in [0.15, 0.2) is 63.9 Å². The number of amides is 2. The molecule has 0 unspecified atom stereocenters. The highest BCUT2D eigenvalue weighted by atomic mass is 32.2. The number of hydrogen-bond acceptors (Lipinski definition) is 5. The smallest absolute Gasteiger partial charge is 0.285 e. The molecule has 0 saturated carbocycles. The molecule has 0 radical (unpaired) electrons. The largest absolute Gasteiger partial charge is 0.343 e. The first kappa shape index (κ1) is 20.1. The topological polar surface area (TPSA) is 99.2 Å². The van der Waals surface area contributed by atoms with Crippen LogP contribution in [0.2, 0.25) is 0 Å². The number of benzene rings is 2. The van der Waals surface area contributed by atoms with E-state index in [1.54, 1.807) is 42.3 Å². The molecule has 30 heavy (non-hydrogen) atoms. The summed E-state index contributed by atoms with van der Waals surface area (Å²) >= 11 is 0. The second-order valence-corrected chi connectivity index (χ2v) is 8.92. The fraction of sp³-hybridized carbons (Fsp3) is 0.286. The van der Waals surface area contributed by atoms with Gasteiger partial charge in [-0.3, -0.25) is 9.59 Å². The normalized spacial score (nSPS) is 19.2. The van der Waals surface area contributed by atoms with E-state index < -0.39 is 16.1 Å². The molecule has 0 aromatic heterocycles. The molecule has 0 spiro atoms. The van der Waals surface area contributed by atoms with Crippen molar-refractivity contribution in [2.24, 2.45) is 4.40 Å². The van der Waals surface area contributed by atoms with E-state index in [2.05, 4.69) is 9.71 Å². The van der Waals surface area contributed by atoms with Crippen LogP contribution in [0.5, 0.6) is 0 Å².